The van der Waals surface area contributed by atoms with Crippen molar-refractivity contribution in [2.75, 3.05) is 13.7 Å². The third kappa shape index (κ3) is 3.66. The first-order valence-electron chi connectivity index (χ1n) is 8.20. The van der Waals surface area contributed by atoms with Crippen molar-refractivity contribution >= 4 is 41.0 Å². The minimum atomic E-state index is -0.752. The van der Waals surface area contributed by atoms with E-state index in [1.807, 2.05) is 6.07 Å². The largest absolute Gasteiger partial charge is 0.335 e. The second kappa shape index (κ2) is 7.32. The predicted molar refractivity (Wildman–Crippen MR) is 94.1 cm³/mol. The van der Waals surface area contributed by atoms with Gasteiger partial charge in [-0.15, -0.1) is 0 Å². The second-order valence-corrected chi connectivity index (χ2v) is 7.35. The van der Waals surface area contributed by atoms with Crippen LogP contribution in [0.2, 0.25) is 10.0 Å². The molecule has 2 aliphatic rings. The Morgan fingerprint density at radius 1 is 1.08 bits per heavy atom. The number of amides is 4. The summed E-state index contributed by atoms with van der Waals surface area (Å²) in [5.41, 5.74) is 0.898. The second-order valence-electron chi connectivity index (χ2n) is 6.53. The van der Waals surface area contributed by atoms with E-state index in [1.165, 1.54) is 0 Å². The SMILES string of the molecule is CN(Cc1ccc(Cl)c(Cl)c1)CN1C(=O)C(=O)N(C2CCCC2)C1=O. The number of carbonyl (C=O) groups excluding carboxylic acids is 3. The van der Waals surface area contributed by atoms with E-state index in [1.54, 1.807) is 24.1 Å². The first kappa shape index (κ1) is 18.2. The average Bonchev–Trinajstić information content (AvgIpc) is 3.15. The number of rotatable bonds is 5. The molecule has 0 bridgehead atoms. The van der Waals surface area contributed by atoms with Crippen LogP contribution >= 0.6 is 23.2 Å². The molecule has 25 heavy (non-hydrogen) atoms. The first-order chi connectivity index (χ1) is 11.9. The van der Waals surface area contributed by atoms with Crippen LogP contribution in [0.25, 0.3) is 0 Å². The summed E-state index contributed by atoms with van der Waals surface area (Å²) in [6, 6.07) is 4.61. The summed E-state index contributed by atoms with van der Waals surface area (Å²) < 4.78 is 0. The molecule has 1 aromatic rings. The highest BCUT2D eigenvalue weighted by molar-refractivity contribution is 6.44. The smallest absolute Gasteiger partial charge is 0.284 e. The lowest BCUT2D eigenvalue weighted by Crippen LogP contribution is -2.42. The molecule has 2 fully saturated rings. The maximum atomic E-state index is 12.5. The van der Waals surface area contributed by atoms with Crippen molar-refractivity contribution in [3.05, 3.63) is 33.8 Å². The predicted octanol–water partition coefficient (Wildman–Crippen LogP) is 3.12. The van der Waals surface area contributed by atoms with Crippen molar-refractivity contribution in [1.29, 1.82) is 0 Å². The third-order valence-electron chi connectivity index (χ3n) is 4.59. The molecule has 0 unspecified atom stereocenters. The van der Waals surface area contributed by atoms with Crippen LogP contribution in [0.5, 0.6) is 0 Å². The number of carbonyl (C=O) groups is 3. The van der Waals surface area contributed by atoms with E-state index >= 15 is 0 Å². The molecule has 4 amide bonds. The molecule has 0 atom stereocenters. The van der Waals surface area contributed by atoms with Gasteiger partial charge in [-0.3, -0.25) is 19.4 Å². The Hall–Kier alpha value is -1.63. The Bertz CT molecular complexity index is 719. The first-order valence-corrected chi connectivity index (χ1v) is 8.95. The van der Waals surface area contributed by atoms with Gasteiger partial charge in [-0.05, 0) is 37.6 Å². The Balaban J connectivity index is 1.66. The number of hydrogen-bond acceptors (Lipinski definition) is 4. The number of halogens is 2. The topological polar surface area (TPSA) is 60.9 Å². The Kier molecular flexibility index (Phi) is 5.32. The van der Waals surface area contributed by atoms with Crippen molar-refractivity contribution in [2.45, 2.75) is 38.3 Å². The van der Waals surface area contributed by atoms with Crippen LogP contribution in [0.4, 0.5) is 4.79 Å². The van der Waals surface area contributed by atoms with E-state index in [9.17, 15) is 14.4 Å². The molecule has 134 valence electrons. The summed E-state index contributed by atoms with van der Waals surface area (Å²) in [4.78, 5) is 40.9. The van der Waals surface area contributed by atoms with Crippen LogP contribution in [0.15, 0.2) is 18.2 Å². The zero-order valence-electron chi connectivity index (χ0n) is 13.9. The van der Waals surface area contributed by atoms with Crippen LogP contribution in [0.3, 0.4) is 0 Å². The van der Waals surface area contributed by atoms with Crippen LogP contribution in [0.1, 0.15) is 31.2 Å². The van der Waals surface area contributed by atoms with E-state index in [0.717, 1.165) is 41.0 Å². The number of hydrogen-bond donors (Lipinski definition) is 0. The maximum Gasteiger partial charge on any atom is 0.335 e. The summed E-state index contributed by atoms with van der Waals surface area (Å²) in [5, 5.41) is 0.916. The normalized spacial score (nSPS) is 19.0. The molecular weight excluding hydrogens is 365 g/mol. The fourth-order valence-electron chi connectivity index (χ4n) is 3.37. The van der Waals surface area contributed by atoms with Gasteiger partial charge in [0.25, 0.3) is 0 Å². The van der Waals surface area contributed by atoms with E-state index in [2.05, 4.69) is 0 Å². The molecule has 1 aliphatic heterocycles. The van der Waals surface area contributed by atoms with Crippen molar-refractivity contribution in [3.63, 3.8) is 0 Å². The molecule has 0 radical (unpaired) electrons. The molecule has 1 saturated carbocycles. The molecule has 0 N–H and O–H groups in total. The Morgan fingerprint density at radius 2 is 1.76 bits per heavy atom. The standard InChI is InChI=1S/C17H19Cl2N3O3/c1-20(9-11-6-7-13(18)14(19)8-11)10-21-15(23)16(24)22(17(21)25)12-4-2-3-5-12/h6-8,12H,2-5,9-10H2,1H3. The van der Waals surface area contributed by atoms with Crippen LogP contribution in [-0.2, 0) is 16.1 Å². The molecule has 1 saturated heterocycles. The monoisotopic (exact) mass is 383 g/mol. The lowest BCUT2D eigenvalue weighted by atomic mass is 10.2. The molecule has 3 rings (SSSR count). The number of nitrogens with zero attached hydrogens (tertiary/aromatic N) is 3. The van der Waals surface area contributed by atoms with Gasteiger partial charge in [0.1, 0.15) is 0 Å². The van der Waals surface area contributed by atoms with E-state index in [0.29, 0.717) is 16.6 Å². The number of urea groups is 1. The molecule has 0 spiro atoms. The van der Waals surface area contributed by atoms with Gasteiger partial charge in [0.15, 0.2) is 0 Å². The van der Waals surface area contributed by atoms with Crippen molar-refractivity contribution in [2.24, 2.45) is 0 Å². The molecule has 1 aliphatic carbocycles. The van der Waals surface area contributed by atoms with Gasteiger partial charge in [-0.25, -0.2) is 9.69 Å². The molecule has 8 heteroatoms. The molecule has 1 heterocycles. The zero-order valence-corrected chi connectivity index (χ0v) is 15.4. The Labute approximate surface area is 156 Å². The third-order valence-corrected chi connectivity index (χ3v) is 5.33. The van der Waals surface area contributed by atoms with Crippen LogP contribution in [0, 0.1) is 0 Å². The summed E-state index contributed by atoms with van der Waals surface area (Å²) >= 11 is 11.9. The summed E-state index contributed by atoms with van der Waals surface area (Å²) in [7, 11) is 1.77. The van der Waals surface area contributed by atoms with Gasteiger partial charge in [-0.1, -0.05) is 42.1 Å². The minimum absolute atomic E-state index is 0.0485. The number of benzene rings is 1. The van der Waals surface area contributed by atoms with E-state index in [4.69, 9.17) is 23.2 Å². The molecular formula is C17H19Cl2N3O3. The minimum Gasteiger partial charge on any atom is -0.284 e. The van der Waals surface area contributed by atoms with E-state index < -0.39 is 17.8 Å². The van der Waals surface area contributed by atoms with Gasteiger partial charge in [0, 0.05) is 12.6 Å². The fraction of sp³-hybridized carbons (Fsp3) is 0.471. The lowest BCUT2D eigenvalue weighted by Gasteiger charge is -2.24. The highest BCUT2D eigenvalue weighted by Gasteiger charge is 2.48. The van der Waals surface area contributed by atoms with Gasteiger partial charge < -0.3 is 0 Å². The van der Waals surface area contributed by atoms with E-state index in [-0.39, 0.29) is 12.7 Å². The average molecular weight is 384 g/mol. The summed E-state index contributed by atoms with van der Waals surface area (Å²) in [6.45, 7) is 0.512. The van der Waals surface area contributed by atoms with Crippen LogP contribution < -0.4 is 0 Å². The van der Waals surface area contributed by atoms with Gasteiger partial charge in [0.2, 0.25) is 0 Å². The highest BCUT2D eigenvalue weighted by Crippen LogP contribution is 2.28. The quantitative estimate of drug-likeness (QED) is 0.578. The fourth-order valence-corrected chi connectivity index (χ4v) is 3.69. The lowest BCUT2D eigenvalue weighted by molar-refractivity contribution is -0.144. The van der Waals surface area contributed by atoms with Crippen LogP contribution in [-0.4, -0.2) is 52.3 Å². The summed E-state index contributed by atoms with van der Waals surface area (Å²) in [6.07, 6.45) is 3.51. The molecule has 6 nitrogen and oxygen atoms in total. The molecule has 1 aromatic carbocycles. The zero-order chi connectivity index (χ0) is 18.1. The van der Waals surface area contributed by atoms with Crippen molar-refractivity contribution < 1.29 is 14.4 Å². The highest BCUT2D eigenvalue weighted by atomic mass is 35.5. The molecule has 0 aromatic heterocycles. The maximum absolute atomic E-state index is 12.5. The van der Waals surface area contributed by atoms with Crippen molar-refractivity contribution in [1.82, 2.24) is 14.7 Å². The van der Waals surface area contributed by atoms with Gasteiger partial charge in [0.05, 0.1) is 16.7 Å². The Morgan fingerprint density at radius 3 is 2.40 bits per heavy atom. The van der Waals surface area contributed by atoms with Gasteiger partial charge >= 0.3 is 17.8 Å². The van der Waals surface area contributed by atoms with Gasteiger partial charge in [-0.2, -0.15) is 0 Å². The van der Waals surface area contributed by atoms with Crippen molar-refractivity contribution in [3.8, 4) is 0 Å². The number of imide groups is 2. The summed E-state index contributed by atoms with van der Waals surface area (Å²) in [5.74, 6) is -1.46.